The van der Waals surface area contributed by atoms with E-state index in [0.29, 0.717) is 16.9 Å². The molecule has 0 aliphatic carbocycles. The molecular formula is C19H20N2O4. The van der Waals surface area contributed by atoms with Gasteiger partial charge in [-0.05, 0) is 36.4 Å². The molecule has 0 bridgehead atoms. The number of amides is 2. The average Bonchev–Trinajstić information content (AvgIpc) is 2.62. The lowest BCUT2D eigenvalue weighted by Gasteiger charge is -2.15. The summed E-state index contributed by atoms with van der Waals surface area (Å²) in [5, 5.41) is 12.6. The minimum atomic E-state index is -0.413. The van der Waals surface area contributed by atoms with Gasteiger partial charge in [0.25, 0.3) is 11.8 Å². The number of hydrogen-bond donors (Lipinski definition) is 2. The van der Waals surface area contributed by atoms with Gasteiger partial charge >= 0.3 is 0 Å². The average molecular weight is 340 g/mol. The van der Waals surface area contributed by atoms with Gasteiger partial charge in [0.1, 0.15) is 17.2 Å². The van der Waals surface area contributed by atoms with E-state index in [2.05, 4.69) is 5.32 Å². The van der Waals surface area contributed by atoms with Crippen molar-refractivity contribution in [2.45, 2.75) is 0 Å². The summed E-state index contributed by atoms with van der Waals surface area (Å²) in [6.45, 7) is 0. The minimum Gasteiger partial charge on any atom is -0.507 e. The van der Waals surface area contributed by atoms with E-state index < -0.39 is 11.8 Å². The summed E-state index contributed by atoms with van der Waals surface area (Å²) in [5.41, 5.74) is 0.829. The van der Waals surface area contributed by atoms with Gasteiger partial charge in [-0.25, -0.2) is 0 Å². The van der Waals surface area contributed by atoms with Crippen LogP contribution >= 0.6 is 0 Å². The smallest absolute Gasteiger partial charge is 0.269 e. The molecule has 0 saturated carbocycles. The Balaban J connectivity index is 2.39. The molecule has 2 aromatic rings. The molecule has 6 nitrogen and oxygen atoms in total. The number of nitrogens with one attached hydrogen (secondary N) is 1. The highest BCUT2D eigenvalue weighted by Gasteiger charge is 2.17. The Kier molecular flexibility index (Phi) is 5.79. The van der Waals surface area contributed by atoms with Crippen molar-refractivity contribution in [3.8, 4) is 11.5 Å². The number of aromatic hydroxyl groups is 1. The molecule has 0 spiro atoms. The summed E-state index contributed by atoms with van der Waals surface area (Å²) in [4.78, 5) is 26.1. The number of phenolic OH excluding ortho intramolecular Hbond substituents is 1. The van der Waals surface area contributed by atoms with Crippen LogP contribution in [0.2, 0.25) is 0 Å². The van der Waals surface area contributed by atoms with E-state index in [4.69, 9.17) is 4.74 Å². The quantitative estimate of drug-likeness (QED) is 0.819. The lowest BCUT2D eigenvalue weighted by atomic mass is 10.1. The van der Waals surface area contributed by atoms with Crippen LogP contribution in [0, 0.1) is 0 Å². The van der Waals surface area contributed by atoms with Gasteiger partial charge in [0, 0.05) is 25.2 Å². The topological polar surface area (TPSA) is 78.9 Å². The van der Waals surface area contributed by atoms with Crippen molar-refractivity contribution in [1.29, 1.82) is 0 Å². The Morgan fingerprint density at radius 1 is 1.12 bits per heavy atom. The van der Waals surface area contributed by atoms with Gasteiger partial charge in [-0.3, -0.25) is 9.59 Å². The SMILES string of the molecule is COc1ccc(O)c(/C=C(/NC(=O)c2ccccc2)C(=O)N(C)C)c1. The summed E-state index contributed by atoms with van der Waals surface area (Å²) < 4.78 is 5.13. The normalized spacial score (nSPS) is 10.9. The van der Waals surface area contributed by atoms with Gasteiger partial charge in [-0.1, -0.05) is 18.2 Å². The third-order valence-electron chi connectivity index (χ3n) is 3.46. The van der Waals surface area contributed by atoms with Crippen molar-refractivity contribution in [1.82, 2.24) is 10.2 Å². The van der Waals surface area contributed by atoms with E-state index in [1.54, 1.807) is 56.6 Å². The van der Waals surface area contributed by atoms with Gasteiger partial charge in [-0.15, -0.1) is 0 Å². The predicted octanol–water partition coefficient (Wildman–Crippen LogP) is 2.26. The van der Waals surface area contributed by atoms with E-state index in [1.807, 2.05) is 0 Å². The number of likely N-dealkylation sites (N-methyl/N-ethyl adjacent to an activating group) is 1. The predicted molar refractivity (Wildman–Crippen MR) is 95.2 cm³/mol. The second-order valence-electron chi connectivity index (χ2n) is 5.50. The van der Waals surface area contributed by atoms with Crippen LogP contribution in [0.4, 0.5) is 0 Å². The Bertz CT molecular complexity index is 798. The van der Waals surface area contributed by atoms with Crippen molar-refractivity contribution >= 4 is 17.9 Å². The molecule has 2 amide bonds. The van der Waals surface area contributed by atoms with E-state index >= 15 is 0 Å². The zero-order valence-corrected chi connectivity index (χ0v) is 14.3. The number of methoxy groups -OCH3 is 1. The highest BCUT2D eigenvalue weighted by molar-refractivity contribution is 6.05. The van der Waals surface area contributed by atoms with E-state index in [-0.39, 0.29) is 11.4 Å². The number of nitrogens with zero attached hydrogens (tertiary/aromatic N) is 1. The summed E-state index contributed by atoms with van der Waals surface area (Å²) in [6.07, 6.45) is 1.42. The summed E-state index contributed by atoms with van der Waals surface area (Å²) >= 11 is 0. The van der Waals surface area contributed by atoms with Crippen LogP contribution in [0.15, 0.2) is 54.2 Å². The molecule has 2 N–H and O–H groups in total. The second kappa shape index (κ2) is 8.01. The highest BCUT2D eigenvalue weighted by atomic mass is 16.5. The van der Waals surface area contributed by atoms with Gasteiger partial charge in [0.05, 0.1) is 7.11 Å². The van der Waals surface area contributed by atoms with Crippen LogP contribution in [-0.2, 0) is 4.79 Å². The molecular weight excluding hydrogens is 320 g/mol. The fourth-order valence-electron chi connectivity index (χ4n) is 2.11. The van der Waals surface area contributed by atoms with Crippen LogP contribution in [0.25, 0.3) is 6.08 Å². The molecule has 0 radical (unpaired) electrons. The maximum absolute atomic E-state index is 12.4. The van der Waals surface area contributed by atoms with E-state index in [0.717, 1.165) is 0 Å². The lowest BCUT2D eigenvalue weighted by molar-refractivity contribution is -0.124. The van der Waals surface area contributed by atoms with Crippen molar-refractivity contribution < 1.29 is 19.4 Å². The minimum absolute atomic E-state index is 0.0289. The second-order valence-corrected chi connectivity index (χ2v) is 5.50. The van der Waals surface area contributed by atoms with Crippen LogP contribution in [0.3, 0.4) is 0 Å². The monoisotopic (exact) mass is 340 g/mol. The number of hydrogen-bond acceptors (Lipinski definition) is 4. The fraction of sp³-hybridized carbons (Fsp3) is 0.158. The van der Waals surface area contributed by atoms with Gasteiger partial charge in [-0.2, -0.15) is 0 Å². The summed E-state index contributed by atoms with van der Waals surface area (Å²) in [5.74, 6) is -0.315. The summed E-state index contributed by atoms with van der Waals surface area (Å²) in [7, 11) is 4.66. The zero-order valence-electron chi connectivity index (χ0n) is 14.3. The van der Waals surface area contributed by atoms with Crippen molar-refractivity contribution in [3.05, 3.63) is 65.4 Å². The third-order valence-corrected chi connectivity index (χ3v) is 3.46. The van der Waals surface area contributed by atoms with Gasteiger partial charge < -0.3 is 20.1 Å². The molecule has 0 aliphatic rings. The first kappa shape index (κ1) is 18.1. The molecule has 25 heavy (non-hydrogen) atoms. The Labute approximate surface area is 146 Å². The molecule has 130 valence electrons. The van der Waals surface area contributed by atoms with Gasteiger partial charge in [0.15, 0.2) is 0 Å². The van der Waals surface area contributed by atoms with Crippen molar-refractivity contribution in [3.63, 3.8) is 0 Å². The lowest BCUT2D eigenvalue weighted by Crippen LogP contribution is -2.34. The number of ether oxygens (including phenoxy) is 1. The maximum atomic E-state index is 12.4. The van der Waals surface area contributed by atoms with E-state index in [1.165, 1.54) is 24.2 Å². The zero-order chi connectivity index (χ0) is 18.4. The first-order valence-corrected chi connectivity index (χ1v) is 7.59. The Hall–Kier alpha value is -3.28. The molecule has 0 saturated heterocycles. The largest absolute Gasteiger partial charge is 0.507 e. The summed E-state index contributed by atoms with van der Waals surface area (Å²) in [6, 6.07) is 13.2. The third kappa shape index (κ3) is 4.60. The molecule has 6 heteroatoms. The number of carbonyl (C=O) groups excluding carboxylic acids is 2. The van der Waals surface area contributed by atoms with Crippen LogP contribution in [0.5, 0.6) is 11.5 Å². The van der Waals surface area contributed by atoms with Crippen LogP contribution in [0.1, 0.15) is 15.9 Å². The fourth-order valence-corrected chi connectivity index (χ4v) is 2.11. The molecule has 0 heterocycles. The number of carbonyl (C=O) groups is 2. The Morgan fingerprint density at radius 3 is 2.40 bits per heavy atom. The number of rotatable bonds is 5. The highest BCUT2D eigenvalue weighted by Crippen LogP contribution is 2.25. The molecule has 0 fully saturated rings. The Morgan fingerprint density at radius 2 is 1.80 bits per heavy atom. The van der Waals surface area contributed by atoms with Crippen LogP contribution < -0.4 is 10.1 Å². The van der Waals surface area contributed by atoms with Crippen molar-refractivity contribution in [2.24, 2.45) is 0 Å². The first-order valence-electron chi connectivity index (χ1n) is 7.59. The first-order chi connectivity index (χ1) is 11.9. The van der Waals surface area contributed by atoms with Crippen molar-refractivity contribution in [2.75, 3.05) is 21.2 Å². The van der Waals surface area contributed by atoms with Crippen LogP contribution in [-0.4, -0.2) is 43.0 Å². The molecule has 0 aromatic heterocycles. The molecule has 2 rings (SSSR count). The molecule has 2 aromatic carbocycles. The molecule has 0 unspecified atom stereocenters. The number of benzene rings is 2. The maximum Gasteiger partial charge on any atom is 0.269 e. The standard InChI is InChI=1S/C19H20N2O4/c1-21(2)19(24)16(20-18(23)13-7-5-4-6-8-13)12-14-11-15(25-3)9-10-17(14)22/h4-12,22H,1-3H3,(H,20,23)/b16-12+. The molecule has 0 atom stereocenters. The van der Waals surface area contributed by atoms with Gasteiger partial charge in [0.2, 0.25) is 0 Å². The van der Waals surface area contributed by atoms with E-state index in [9.17, 15) is 14.7 Å². The number of phenols is 1. The molecule has 0 aliphatic heterocycles.